The van der Waals surface area contributed by atoms with E-state index in [-0.39, 0.29) is 24.2 Å². The maximum Gasteiger partial charge on any atom is 0.573 e. The summed E-state index contributed by atoms with van der Waals surface area (Å²) in [5.41, 5.74) is 1.27. The Hall–Kier alpha value is -3.36. The molecular formula is C22H22F4N4O. The van der Waals surface area contributed by atoms with E-state index >= 15 is 0 Å². The quantitative estimate of drug-likeness (QED) is 0.426. The van der Waals surface area contributed by atoms with Crippen LogP contribution in [0.5, 0.6) is 5.75 Å². The molecule has 164 valence electrons. The molecule has 0 unspecified atom stereocenters. The van der Waals surface area contributed by atoms with Crippen molar-refractivity contribution in [1.82, 2.24) is 9.97 Å². The van der Waals surface area contributed by atoms with Crippen molar-refractivity contribution in [2.24, 2.45) is 0 Å². The molecule has 1 heterocycles. The first-order chi connectivity index (χ1) is 14.7. The standard InChI is InChI=1S/C22H22F4N4O/c1-3-14(2)28-21-29-19(15-8-6-9-17(11-15)31-22(24,25)26)12-20(30-21)27-13-16-7-4-5-10-18(16)23/h4-12,14H,3,13H2,1-2H3,(H2,27,28,29,30)/t14-/m0/s1. The number of halogens is 4. The Morgan fingerprint density at radius 2 is 1.81 bits per heavy atom. The summed E-state index contributed by atoms with van der Waals surface area (Å²) >= 11 is 0. The number of alkyl halides is 3. The minimum atomic E-state index is -4.79. The van der Waals surface area contributed by atoms with Gasteiger partial charge in [-0.05, 0) is 31.5 Å². The van der Waals surface area contributed by atoms with Gasteiger partial charge in [-0.15, -0.1) is 13.2 Å². The first-order valence-electron chi connectivity index (χ1n) is 9.72. The Morgan fingerprint density at radius 1 is 1.03 bits per heavy atom. The second-order valence-electron chi connectivity index (χ2n) is 6.94. The van der Waals surface area contributed by atoms with Crippen LogP contribution in [0, 0.1) is 5.82 Å². The molecule has 5 nitrogen and oxygen atoms in total. The van der Waals surface area contributed by atoms with E-state index in [4.69, 9.17) is 0 Å². The van der Waals surface area contributed by atoms with Crippen LogP contribution in [0.4, 0.5) is 29.3 Å². The van der Waals surface area contributed by atoms with Crippen LogP contribution in [-0.4, -0.2) is 22.4 Å². The summed E-state index contributed by atoms with van der Waals surface area (Å²) in [6, 6.07) is 13.6. The van der Waals surface area contributed by atoms with E-state index in [0.29, 0.717) is 28.6 Å². The average Bonchev–Trinajstić information content (AvgIpc) is 2.72. The SMILES string of the molecule is CC[C@H](C)Nc1nc(NCc2ccccc2F)cc(-c2cccc(OC(F)(F)F)c2)n1. The van der Waals surface area contributed by atoms with Crippen LogP contribution in [0.15, 0.2) is 54.6 Å². The average molecular weight is 434 g/mol. The highest BCUT2D eigenvalue weighted by Gasteiger charge is 2.31. The molecule has 2 aromatic carbocycles. The molecule has 0 radical (unpaired) electrons. The first kappa shape index (κ1) is 22.3. The third kappa shape index (κ3) is 6.56. The second kappa shape index (κ2) is 9.63. The maximum absolute atomic E-state index is 13.9. The van der Waals surface area contributed by atoms with Crippen LogP contribution in [-0.2, 0) is 6.54 Å². The second-order valence-corrected chi connectivity index (χ2v) is 6.94. The lowest BCUT2D eigenvalue weighted by atomic mass is 10.1. The molecule has 1 aromatic heterocycles. The van der Waals surface area contributed by atoms with Gasteiger partial charge < -0.3 is 15.4 Å². The minimum absolute atomic E-state index is 0.0783. The van der Waals surface area contributed by atoms with E-state index in [0.717, 1.165) is 6.42 Å². The Balaban J connectivity index is 1.92. The van der Waals surface area contributed by atoms with Crippen LogP contribution < -0.4 is 15.4 Å². The van der Waals surface area contributed by atoms with Gasteiger partial charge in [0.2, 0.25) is 5.95 Å². The number of hydrogen-bond acceptors (Lipinski definition) is 5. The van der Waals surface area contributed by atoms with Crippen LogP contribution >= 0.6 is 0 Å². The Labute approximate surface area is 177 Å². The highest BCUT2D eigenvalue weighted by atomic mass is 19.4. The third-order valence-electron chi connectivity index (χ3n) is 4.50. The maximum atomic E-state index is 13.9. The van der Waals surface area contributed by atoms with Gasteiger partial charge in [0.05, 0.1) is 5.69 Å². The molecule has 0 fully saturated rings. The molecule has 2 N–H and O–H groups in total. The van der Waals surface area contributed by atoms with E-state index in [9.17, 15) is 17.6 Å². The monoisotopic (exact) mass is 434 g/mol. The summed E-state index contributed by atoms with van der Waals surface area (Å²) in [7, 11) is 0. The smallest absolute Gasteiger partial charge is 0.406 e. The lowest BCUT2D eigenvalue weighted by Gasteiger charge is -2.15. The molecular weight excluding hydrogens is 412 g/mol. The number of hydrogen-bond donors (Lipinski definition) is 2. The van der Waals surface area contributed by atoms with Crippen molar-refractivity contribution in [3.8, 4) is 17.0 Å². The highest BCUT2D eigenvalue weighted by Crippen LogP contribution is 2.29. The van der Waals surface area contributed by atoms with Gasteiger partial charge in [-0.25, -0.2) is 9.37 Å². The van der Waals surface area contributed by atoms with Crippen molar-refractivity contribution in [2.75, 3.05) is 10.6 Å². The number of benzene rings is 2. The minimum Gasteiger partial charge on any atom is -0.406 e. The summed E-state index contributed by atoms with van der Waals surface area (Å²) in [6.07, 6.45) is -3.97. The fourth-order valence-corrected chi connectivity index (χ4v) is 2.75. The van der Waals surface area contributed by atoms with Crippen molar-refractivity contribution in [3.63, 3.8) is 0 Å². The van der Waals surface area contributed by atoms with Gasteiger partial charge in [0, 0.05) is 29.8 Å². The van der Waals surface area contributed by atoms with Crippen molar-refractivity contribution in [1.29, 1.82) is 0 Å². The molecule has 0 bridgehead atoms. The van der Waals surface area contributed by atoms with Gasteiger partial charge in [-0.3, -0.25) is 0 Å². The van der Waals surface area contributed by atoms with Gasteiger partial charge in [0.15, 0.2) is 0 Å². The summed E-state index contributed by atoms with van der Waals surface area (Å²) in [5, 5.41) is 6.21. The van der Waals surface area contributed by atoms with Gasteiger partial charge >= 0.3 is 6.36 Å². The fraction of sp³-hybridized carbons (Fsp3) is 0.273. The molecule has 0 spiro atoms. The van der Waals surface area contributed by atoms with E-state index in [2.05, 4.69) is 25.3 Å². The first-order valence-corrected chi connectivity index (χ1v) is 9.72. The van der Waals surface area contributed by atoms with Crippen LogP contribution in [0.2, 0.25) is 0 Å². The van der Waals surface area contributed by atoms with Gasteiger partial charge in [0.1, 0.15) is 17.4 Å². The number of aromatic nitrogens is 2. The predicted molar refractivity (Wildman–Crippen MR) is 111 cm³/mol. The summed E-state index contributed by atoms with van der Waals surface area (Å²) < 4.78 is 55.7. The summed E-state index contributed by atoms with van der Waals surface area (Å²) in [6.45, 7) is 4.14. The third-order valence-corrected chi connectivity index (χ3v) is 4.50. The molecule has 0 aliphatic rings. The lowest BCUT2D eigenvalue weighted by Crippen LogP contribution is -2.17. The van der Waals surface area contributed by atoms with Gasteiger partial charge in [-0.1, -0.05) is 37.3 Å². The van der Waals surface area contributed by atoms with Crippen LogP contribution in [0.3, 0.4) is 0 Å². The Morgan fingerprint density at radius 3 is 2.52 bits per heavy atom. The highest BCUT2D eigenvalue weighted by molar-refractivity contribution is 5.66. The molecule has 0 aliphatic carbocycles. The molecule has 0 saturated heterocycles. The molecule has 0 amide bonds. The summed E-state index contributed by atoms with van der Waals surface area (Å²) in [4.78, 5) is 8.84. The normalized spacial score (nSPS) is 12.3. The number of nitrogens with one attached hydrogen (secondary N) is 2. The van der Waals surface area contributed by atoms with Gasteiger partial charge in [0.25, 0.3) is 0 Å². The predicted octanol–water partition coefficient (Wildman–Crippen LogP) is 6.00. The number of anilines is 2. The Bertz CT molecular complexity index is 1030. The van der Waals surface area contributed by atoms with Crippen molar-refractivity contribution in [3.05, 3.63) is 66.0 Å². The van der Waals surface area contributed by atoms with Crippen molar-refractivity contribution in [2.45, 2.75) is 39.2 Å². The molecule has 3 rings (SSSR count). The Kier molecular flexibility index (Phi) is 6.94. The molecule has 0 aliphatic heterocycles. The van der Waals surface area contributed by atoms with Crippen molar-refractivity contribution < 1.29 is 22.3 Å². The summed E-state index contributed by atoms with van der Waals surface area (Å²) in [5.74, 6) is 0.0198. The zero-order chi connectivity index (χ0) is 22.4. The zero-order valence-corrected chi connectivity index (χ0v) is 17.0. The topological polar surface area (TPSA) is 59.1 Å². The van der Waals surface area contributed by atoms with E-state index in [1.807, 2.05) is 13.8 Å². The molecule has 1 atom stereocenters. The lowest BCUT2D eigenvalue weighted by molar-refractivity contribution is -0.274. The molecule has 0 saturated carbocycles. The van der Waals surface area contributed by atoms with E-state index < -0.39 is 6.36 Å². The van der Waals surface area contributed by atoms with Crippen molar-refractivity contribution >= 4 is 11.8 Å². The van der Waals surface area contributed by atoms with Crippen LogP contribution in [0.1, 0.15) is 25.8 Å². The molecule has 9 heteroatoms. The fourth-order valence-electron chi connectivity index (χ4n) is 2.75. The largest absolute Gasteiger partial charge is 0.573 e. The molecule has 3 aromatic rings. The number of rotatable bonds is 8. The molecule has 31 heavy (non-hydrogen) atoms. The van der Waals surface area contributed by atoms with E-state index in [1.54, 1.807) is 30.3 Å². The number of nitrogens with zero attached hydrogens (tertiary/aromatic N) is 2. The zero-order valence-electron chi connectivity index (χ0n) is 17.0. The van der Waals surface area contributed by atoms with Gasteiger partial charge in [-0.2, -0.15) is 4.98 Å². The number of ether oxygens (including phenoxy) is 1. The van der Waals surface area contributed by atoms with Crippen LogP contribution in [0.25, 0.3) is 11.3 Å². The van der Waals surface area contributed by atoms with E-state index in [1.165, 1.54) is 24.3 Å².